The number of hydrogen-bond acceptors (Lipinski definition) is 2. The molecule has 3 rings (SSSR count). The van der Waals surface area contributed by atoms with Crippen LogP contribution < -0.4 is 5.32 Å². The van der Waals surface area contributed by atoms with E-state index in [0.29, 0.717) is 6.04 Å². The molecule has 2 fully saturated rings. The molecule has 1 aromatic rings. The van der Waals surface area contributed by atoms with Gasteiger partial charge in [-0.15, -0.1) is 0 Å². The van der Waals surface area contributed by atoms with Gasteiger partial charge in [-0.3, -0.25) is 4.90 Å². The molecule has 0 bridgehead atoms. The van der Waals surface area contributed by atoms with Crippen LogP contribution in [0.5, 0.6) is 0 Å². The first-order chi connectivity index (χ1) is 8.83. The van der Waals surface area contributed by atoms with Gasteiger partial charge in [0.1, 0.15) is 0 Å². The average Bonchev–Trinajstić information content (AvgIpc) is 3.11. The Labute approximate surface area is 110 Å². The maximum absolute atomic E-state index is 3.72. The van der Waals surface area contributed by atoms with Gasteiger partial charge < -0.3 is 5.32 Å². The summed E-state index contributed by atoms with van der Waals surface area (Å²) in [6, 6.07) is 9.46. The molecule has 1 saturated heterocycles. The summed E-state index contributed by atoms with van der Waals surface area (Å²) >= 11 is 0. The largest absolute Gasteiger partial charge is 0.382 e. The highest BCUT2D eigenvalue weighted by molar-refractivity contribution is 5.52. The molecule has 1 aliphatic heterocycles. The van der Waals surface area contributed by atoms with Crippen LogP contribution in [0, 0.1) is 5.92 Å². The van der Waals surface area contributed by atoms with E-state index in [0.717, 1.165) is 12.5 Å². The van der Waals surface area contributed by atoms with E-state index in [4.69, 9.17) is 0 Å². The molecule has 1 atom stereocenters. The first kappa shape index (κ1) is 12.0. The maximum Gasteiger partial charge on any atom is 0.0388 e. The van der Waals surface area contributed by atoms with Gasteiger partial charge in [0.25, 0.3) is 0 Å². The molecule has 2 heteroatoms. The molecule has 0 aromatic heterocycles. The van der Waals surface area contributed by atoms with Crippen molar-refractivity contribution in [3.63, 3.8) is 0 Å². The van der Waals surface area contributed by atoms with Crippen molar-refractivity contribution in [3.05, 3.63) is 29.8 Å². The zero-order valence-corrected chi connectivity index (χ0v) is 11.4. The molecule has 2 nitrogen and oxygen atoms in total. The van der Waals surface area contributed by atoms with Gasteiger partial charge in [-0.05, 0) is 63.2 Å². The van der Waals surface area contributed by atoms with Crippen molar-refractivity contribution in [2.75, 3.05) is 18.4 Å². The third-order valence-corrected chi connectivity index (χ3v) is 4.32. The highest BCUT2D eigenvalue weighted by atomic mass is 15.1. The molecule has 2 aliphatic rings. The van der Waals surface area contributed by atoms with E-state index in [-0.39, 0.29) is 0 Å². The van der Waals surface area contributed by atoms with Crippen molar-refractivity contribution in [3.8, 4) is 0 Å². The monoisotopic (exact) mass is 244 g/mol. The van der Waals surface area contributed by atoms with Gasteiger partial charge in [0, 0.05) is 18.3 Å². The van der Waals surface area contributed by atoms with Crippen molar-refractivity contribution in [1.29, 1.82) is 0 Å². The van der Waals surface area contributed by atoms with E-state index in [1.54, 1.807) is 0 Å². The number of benzene rings is 1. The van der Waals surface area contributed by atoms with Crippen LogP contribution in [0.2, 0.25) is 0 Å². The fourth-order valence-electron chi connectivity index (χ4n) is 2.94. The van der Waals surface area contributed by atoms with Crippen molar-refractivity contribution in [2.24, 2.45) is 5.92 Å². The Morgan fingerprint density at radius 3 is 2.67 bits per heavy atom. The van der Waals surface area contributed by atoms with Gasteiger partial charge in [-0.25, -0.2) is 0 Å². The molecule has 98 valence electrons. The van der Waals surface area contributed by atoms with Gasteiger partial charge in [-0.2, -0.15) is 0 Å². The second-order valence-corrected chi connectivity index (χ2v) is 5.91. The molecule has 0 amide bonds. The number of likely N-dealkylation sites (tertiary alicyclic amines) is 1. The van der Waals surface area contributed by atoms with E-state index in [1.807, 2.05) is 0 Å². The molecule has 1 unspecified atom stereocenters. The van der Waals surface area contributed by atoms with Crippen LogP contribution in [0.3, 0.4) is 0 Å². The zero-order chi connectivity index (χ0) is 12.4. The summed E-state index contributed by atoms with van der Waals surface area (Å²) in [5, 5.41) is 3.72. The lowest BCUT2D eigenvalue weighted by Crippen LogP contribution is -2.22. The fourth-order valence-corrected chi connectivity index (χ4v) is 2.94. The van der Waals surface area contributed by atoms with Crippen molar-refractivity contribution in [2.45, 2.75) is 45.2 Å². The van der Waals surface area contributed by atoms with Gasteiger partial charge in [-0.1, -0.05) is 18.2 Å². The highest BCUT2D eigenvalue weighted by Crippen LogP contribution is 2.34. The quantitative estimate of drug-likeness (QED) is 0.853. The first-order valence-corrected chi connectivity index (χ1v) is 7.40. The van der Waals surface area contributed by atoms with Crippen LogP contribution in [-0.4, -0.2) is 24.0 Å². The third-order valence-electron chi connectivity index (χ3n) is 4.32. The minimum atomic E-state index is 0.629. The molecule has 1 aromatic carbocycles. The zero-order valence-electron chi connectivity index (χ0n) is 11.4. The smallest absolute Gasteiger partial charge is 0.0388 e. The molecule has 1 saturated carbocycles. The lowest BCUT2D eigenvalue weighted by atomic mass is 10.1. The molecular formula is C16H24N2. The Kier molecular flexibility index (Phi) is 3.55. The molecule has 1 N–H and O–H groups in total. The minimum Gasteiger partial charge on any atom is -0.382 e. The fraction of sp³-hybridized carbons (Fsp3) is 0.625. The van der Waals surface area contributed by atoms with Gasteiger partial charge in [0.05, 0.1) is 0 Å². The normalized spacial score (nSPS) is 22.1. The number of nitrogens with one attached hydrogen (secondary N) is 1. The predicted molar refractivity (Wildman–Crippen MR) is 76.8 cm³/mol. The van der Waals surface area contributed by atoms with Gasteiger partial charge in [0.2, 0.25) is 0 Å². The van der Waals surface area contributed by atoms with Gasteiger partial charge in [0.15, 0.2) is 0 Å². The van der Waals surface area contributed by atoms with Crippen LogP contribution in [0.4, 0.5) is 5.69 Å². The molecule has 1 heterocycles. The highest BCUT2D eigenvalue weighted by Gasteiger charge is 2.28. The summed E-state index contributed by atoms with van der Waals surface area (Å²) in [6.07, 6.45) is 5.55. The van der Waals surface area contributed by atoms with Gasteiger partial charge >= 0.3 is 0 Å². The number of rotatable bonds is 5. The maximum atomic E-state index is 3.72. The Bertz CT molecular complexity index is 369. The van der Waals surface area contributed by atoms with Crippen LogP contribution in [0.25, 0.3) is 0 Å². The number of nitrogens with zero attached hydrogens (tertiary/aromatic N) is 1. The standard InChI is InChI=1S/C16H24N2/c1-13(14-8-9-14)17-16-7-3-2-6-15(16)12-18-10-4-5-11-18/h2-3,6-7,13-14,17H,4-5,8-12H2,1H3. The van der Waals surface area contributed by atoms with Crippen LogP contribution in [-0.2, 0) is 6.54 Å². The predicted octanol–water partition coefficient (Wildman–Crippen LogP) is 3.49. The summed E-state index contributed by atoms with van der Waals surface area (Å²) in [6.45, 7) is 5.98. The number of hydrogen-bond donors (Lipinski definition) is 1. The second kappa shape index (κ2) is 5.31. The SMILES string of the molecule is CC(Nc1ccccc1CN1CCCC1)C1CC1. The number of anilines is 1. The van der Waals surface area contributed by atoms with Crippen molar-refractivity contribution in [1.82, 2.24) is 4.90 Å². The topological polar surface area (TPSA) is 15.3 Å². The Morgan fingerprint density at radius 1 is 1.22 bits per heavy atom. The van der Waals surface area contributed by atoms with E-state index < -0.39 is 0 Å². The summed E-state index contributed by atoms with van der Waals surface area (Å²) in [7, 11) is 0. The van der Waals surface area contributed by atoms with Crippen molar-refractivity contribution >= 4 is 5.69 Å². The van der Waals surface area contributed by atoms with E-state index in [2.05, 4.69) is 41.4 Å². The van der Waals surface area contributed by atoms with Crippen molar-refractivity contribution < 1.29 is 0 Å². The second-order valence-electron chi connectivity index (χ2n) is 5.91. The van der Waals surface area contributed by atoms with Crippen LogP contribution in [0.15, 0.2) is 24.3 Å². The molecule has 0 spiro atoms. The van der Waals surface area contributed by atoms with E-state index in [1.165, 1.54) is 50.0 Å². The Morgan fingerprint density at radius 2 is 1.94 bits per heavy atom. The number of para-hydroxylation sites is 1. The van der Waals surface area contributed by atoms with Crippen LogP contribution >= 0.6 is 0 Å². The minimum absolute atomic E-state index is 0.629. The Balaban J connectivity index is 1.67. The van der Waals surface area contributed by atoms with E-state index in [9.17, 15) is 0 Å². The third kappa shape index (κ3) is 2.86. The Hall–Kier alpha value is -1.02. The lowest BCUT2D eigenvalue weighted by molar-refractivity contribution is 0.332. The average molecular weight is 244 g/mol. The molecule has 18 heavy (non-hydrogen) atoms. The first-order valence-electron chi connectivity index (χ1n) is 7.40. The summed E-state index contributed by atoms with van der Waals surface area (Å²) in [5.41, 5.74) is 2.82. The summed E-state index contributed by atoms with van der Waals surface area (Å²) in [4.78, 5) is 2.57. The molecular weight excluding hydrogens is 220 g/mol. The lowest BCUT2D eigenvalue weighted by Gasteiger charge is -2.21. The summed E-state index contributed by atoms with van der Waals surface area (Å²) < 4.78 is 0. The molecule has 0 radical (unpaired) electrons. The summed E-state index contributed by atoms with van der Waals surface area (Å²) in [5.74, 6) is 0.907. The molecule has 1 aliphatic carbocycles. The van der Waals surface area contributed by atoms with Crippen LogP contribution in [0.1, 0.15) is 38.2 Å². The van der Waals surface area contributed by atoms with E-state index >= 15 is 0 Å².